The molecule has 0 heterocycles. The number of amides is 1. The molecule has 0 radical (unpaired) electrons. The van der Waals surface area contributed by atoms with Crippen molar-refractivity contribution >= 4 is 5.91 Å². The van der Waals surface area contributed by atoms with Gasteiger partial charge in [0, 0.05) is 0 Å². The van der Waals surface area contributed by atoms with Gasteiger partial charge in [0.05, 0.1) is 18.2 Å². The van der Waals surface area contributed by atoms with Gasteiger partial charge in [-0.3, -0.25) is 4.79 Å². The van der Waals surface area contributed by atoms with Crippen LogP contribution in [0, 0.1) is 0 Å². The summed E-state index contributed by atoms with van der Waals surface area (Å²) in [6.07, 6.45) is 5.37. The van der Waals surface area contributed by atoms with Gasteiger partial charge < -0.3 is 16.2 Å². The molecule has 3 atom stereocenters. The fourth-order valence-electron chi connectivity index (χ4n) is 1.86. The van der Waals surface area contributed by atoms with Gasteiger partial charge in [-0.15, -0.1) is 6.58 Å². The highest BCUT2D eigenvalue weighted by Crippen LogP contribution is 2.18. The van der Waals surface area contributed by atoms with Crippen LogP contribution in [0.3, 0.4) is 0 Å². The summed E-state index contributed by atoms with van der Waals surface area (Å²) < 4.78 is 0. The molecular formula is C11H20N2O2. The molecule has 86 valence electrons. The number of hydrogen-bond acceptors (Lipinski definition) is 3. The van der Waals surface area contributed by atoms with Crippen molar-refractivity contribution < 1.29 is 9.90 Å². The minimum absolute atomic E-state index is 0.123. The third-order valence-electron chi connectivity index (χ3n) is 2.81. The van der Waals surface area contributed by atoms with Gasteiger partial charge in [0.25, 0.3) is 0 Å². The standard InChI is InChI=1S/C11H20N2O2/c1-2-5-8(12)11(15)13-9-6-3-4-7-10(9)14/h2,8-10,14H,1,3-7,12H2,(H,13,15)/t8?,9-,10-/m1/s1. The number of carbonyl (C=O) groups is 1. The van der Waals surface area contributed by atoms with E-state index in [9.17, 15) is 9.90 Å². The van der Waals surface area contributed by atoms with E-state index in [1.165, 1.54) is 0 Å². The Morgan fingerprint density at radius 3 is 2.87 bits per heavy atom. The predicted molar refractivity (Wildman–Crippen MR) is 59.2 cm³/mol. The van der Waals surface area contributed by atoms with E-state index in [-0.39, 0.29) is 11.9 Å². The SMILES string of the molecule is C=CCC(N)C(=O)N[C@@H]1CCCC[C@H]1O. The van der Waals surface area contributed by atoms with Crippen LogP contribution in [0.1, 0.15) is 32.1 Å². The average Bonchev–Trinajstić information content (AvgIpc) is 2.21. The molecule has 1 saturated carbocycles. The maximum absolute atomic E-state index is 11.6. The molecular weight excluding hydrogens is 192 g/mol. The first-order valence-corrected chi connectivity index (χ1v) is 5.50. The van der Waals surface area contributed by atoms with Gasteiger partial charge in [0.15, 0.2) is 0 Å². The zero-order chi connectivity index (χ0) is 11.3. The highest BCUT2D eigenvalue weighted by molar-refractivity contribution is 5.82. The van der Waals surface area contributed by atoms with Crippen LogP contribution < -0.4 is 11.1 Å². The molecule has 1 rings (SSSR count). The highest BCUT2D eigenvalue weighted by Gasteiger charge is 2.25. The van der Waals surface area contributed by atoms with Crippen LogP contribution in [0.2, 0.25) is 0 Å². The molecule has 1 amide bonds. The zero-order valence-corrected chi connectivity index (χ0v) is 8.98. The third-order valence-corrected chi connectivity index (χ3v) is 2.81. The van der Waals surface area contributed by atoms with E-state index in [2.05, 4.69) is 11.9 Å². The van der Waals surface area contributed by atoms with Crippen LogP contribution >= 0.6 is 0 Å². The molecule has 0 saturated heterocycles. The van der Waals surface area contributed by atoms with E-state index in [4.69, 9.17) is 5.73 Å². The molecule has 1 aliphatic rings. The first kappa shape index (κ1) is 12.2. The maximum Gasteiger partial charge on any atom is 0.237 e. The summed E-state index contributed by atoms with van der Waals surface area (Å²) in [5.74, 6) is -0.194. The van der Waals surface area contributed by atoms with Gasteiger partial charge in [-0.25, -0.2) is 0 Å². The van der Waals surface area contributed by atoms with Gasteiger partial charge in [0.2, 0.25) is 5.91 Å². The Morgan fingerprint density at radius 1 is 1.60 bits per heavy atom. The molecule has 1 unspecified atom stereocenters. The van der Waals surface area contributed by atoms with Crippen LogP contribution in [0.4, 0.5) is 0 Å². The third kappa shape index (κ3) is 3.64. The van der Waals surface area contributed by atoms with Crippen molar-refractivity contribution in [3.05, 3.63) is 12.7 Å². The van der Waals surface area contributed by atoms with Gasteiger partial charge >= 0.3 is 0 Å². The van der Waals surface area contributed by atoms with Crippen molar-refractivity contribution in [2.24, 2.45) is 5.73 Å². The number of aliphatic hydroxyl groups excluding tert-OH is 1. The lowest BCUT2D eigenvalue weighted by Gasteiger charge is -2.29. The van der Waals surface area contributed by atoms with Crippen LogP contribution in [0.25, 0.3) is 0 Å². The Labute approximate surface area is 90.5 Å². The van der Waals surface area contributed by atoms with E-state index in [1.54, 1.807) is 6.08 Å². The molecule has 0 aromatic carbocycles. The zero-order valence-electron chi connectivity index (χ0n) is 8.98. The summed E-state index contributed by atoms with van der Waals surface area (Å²) in [7, 11) is 0. The molecule has 1 fully saturated rings. The lowest BCUT2D eigenvalue weighted by atomic mass is 9.92. The molecule has 0 aliphatic heterocycles. The van der Waals surface area contributed by atoms with E-state index in [0.29, 0.717) is 6.42 Å². The van der Waals surface area contributed by atoms with Crippen LogP contribution in [-0.4, -0.2) is 29.2 Å². The van der Waals surface area contributed by atoms with E-state index in [1.807, 2.05) is 0 Å². The lowest BCUT2D eigenvalue weighted by molar-refractivity contribution is -0.124. The first-order chi connectivity index (χ1) is 7.15. The molecule has 0 aromatic rings. The average molecular weight is 212 g/mol. The lowest BCUT2D eigenvalue weighted by Crippen LogP contribution is -2.50. The summed E-state index contributed by atoms with van der Waals surface area (Å²) >= 11 is 0. The minimum atomic E-state index is -0.545. The molecule has 4 nitrogen and oxygen atoms in total. The monoisotopic (exact) mass is 212 g/mol. The Balaban J connectivity index is 2.38. The first-order valence-electron chi connectivity index (χ1n) is 5.50. The molecule has 15 heavy (non-hydrogen) atoms. The van der Waals surface area contributed by atoms with Gasteiger partial charge in [-0.2, -0.15) is 0 Å². The van der Waals surface area contributed by atoms with E-state index in [0.717, 1.165) is 25.7 Å². The molecule has 1 aliphatic carbocycles. The Hall–Kier alpha value is -0.870. The smallest absolute Gasteiger partial charge is 0.237 e. The Kier molecular flexibility index (Phi) is 4.78. The quantitative estimate of drug-likeness (QED) is 0.587. The molecule has 0 spiro atoms. The molecule has 0 aromatic heterocycles. The second kappa shape index (κ2) is 5.88. The predicted octanol–water partition coefficient (Wildman–Crippen LogP) is 0.309. The second-order valence-corrected chi connectivity index (χ2v) is 4.10. The highest BCUT2D eigenvalue weighted by atomic mass is 16.3. The van der Waals surface area contributed by atoms with Crippen molar-refractivity contribution in [2.75, 3.05) is 0 Å². The summed E-state index contributed by atoms with van der Waals surface area (Å²) in [5, 5.41) is 12.4. The van der Waals surface area contributed by atoms with Gasteiger partial charge in [-0.1, -0.05) is 18.9 Å². The van der Waals surface area contributed by atoms with E-state index < -0.39 is 12.1 Å². The van der Waals surface area contributed by atoms with Crippen LogP contribution in [0.15, 0.2) is 12.7 Å². The number of rotatable bonds is 4. The Morgan fingerprint density at radius 2 is 2.27 bits per heavy atom. The topological polar surface area (TPSA) is 75.4 Å². The maximum atomic E-state index is 11.6. The van der Waals surface area contributed by atoms with Crippen molar-refractivity contribution in [3.63, 3.8) is 0 Å². The molecule has 0 bridgehead atoms. The van der Waals surface area contributed by atoms with Crippen LogP contribution in [-0.2, 0) is 4.79 Å². The fourth-order valence-corrected chi connectivity index (χ4v) is 1.86. The van der Waals surface area contributed by atoms with Crippen LogP contribution in [0.5, 0.6) is 0 Å². The van der Waals surface area contributed by atoms with E-state index >= 15 is 0 Å². The number of nitrogens with one attached hydrogen (secondary N) is 1. The number of hydrogen-bond donors (Lipinski definition) is 3. The minimum Gasteiger partial charge on any atom is -0.391 e. The summed E-state index contributed by atoms with van der Waals surface area (Å²) in [4.78, 5) is 11.6. The summed E-state index contributed by atoms with van der Waals surface area (Å²) in [6.45, 7) is 3.54. The molecule has 4 heteroatoms. The Bertz CT molecular complexity index is 231. The number of aliphatic hydroxyl groups is 1. The fraction of sp³-hybridized carbons (Fsp3) is 0.727. The van der Waals surface area contributed by atoms with Gasteiger partial charge in [0.1, 0.15) is 0 Å². The van der Waals surface area contributed by atoms with Crippen molar-refractivity contribution in [1.29, 1.82) is 0 Å². The normalized spacial score (nSPS) is 28.1. The molecule has 4 N–H and O–H groups in total. The van der Waals surface area contributed by atoms with Crippen molar-refractivity contribution in [2.45, 2.75) is 50.3 Å². The second-order valence-electron chi connectivity index (χ2n) is 4.10. The largest absolute Gasteiger partial charge is 0.391 e. The number of carbonyl (C=O) groups excluding carboxylic acids is 1. The summed E-state index contributed by atoms with van der Waals surface area (Å²) in [6, 6.07) is -0.668. The van der Waals surface area contributed by atoms with Crippen molar-refractivity contribution in [1.82, 2.24) is 5.32 Å². The van der Waals surface area contributed by atoms with Crippen molar-refractivity contribution in [3.8, 4) is 0 Å². The van der Waals surface area contributed by atoms with Gasteiger partial charge in [-0.05, 0) is 19.3 Å². The summed E-state index contributed by atoms with van der Waals surface area (Å²) in [5.41, 5.74) is 5.63. The number of nitrogens with two attached hydrogens (primary N) is 1.